The topological polar surface area (TPSA) is 38.8 Å². The average Bonchev–Trinajstić information content (AvgIpc) is 2.48. The third-order valence-electron chi connectivity index (χ3n) is 3.05. The molecule has 0 radical (unpaired) electrons. The van der Waals surface area contributed by atoms with Gasteiger partial charge in [0, 0.05) is 28.3 Å². The number of ether oxygens (including phenoxy) is 2. The molecule has 1 rings (SSSR count). The molecule has 0 aromatic heterocycles. The highest BCUT2D eigenvalue weighted by molar-refractivity contribution is 6.53. The van der Waals surface area contributed by atoms with Gasteiger partial charge in [0.15, 0.2) is 4.87 Å². The quantitative estimate of drug-likeness (QED) is 0.442. The molecule has 0 saturated heterocycles. The third-order valence-corrected chi connectivity index (χ3v) is 3.97. The molecule has 0 aliphatic heterocycles. The van der Waals surface area contributed by atoms with E-state index in [1.54, 1.807) is 25.1 Å². The number of hydrogen-bond acceptors (Lipinski definition) is 4. The number of halogens is 2. The van der Waals surface area contributed by atoms with Crippen molar-refractivity contribution in [3.63, 3.8) is 0 Å². The smallest absolute Gasteiger partial charge is 0.239 e. The maximum Gasteiger partial charge on any atom is 0.239 e. The van der Waals surface area contributed by atoms with Gasteiger partial charge in [0.05, 0.1) is 5.70 Å². The fraction of sp³-hybridized carbons (Fsp3) is 0.583. The lowest BCUT2D eigenvalue weighted by Gasteiger charge is -2.40. The lowest BCUT2D eigenvalue weighted by Crippen LogP contribution is -2.56. The van der Waals surface area contributed by atoms with Gasteiger partial charge in [-0.25, -0.2) is 0 Å². The highest BCUT2D eigenvalue weighted by Gasteiger charge is 2.66. The summed E-state index contributed by atoms with van der Waals surface area (Å²) in [5, 5.41) is 0.0283. The first kappa shape index (κ1) is 15.5. The molecule has 0 fully saturated rings. The zero-order chi connectivity index (χ0) is 14.1. The van der Waals surface area contributed by atoms with E-state index in [0.29, 0.717) is 5.70 Å². The number of methoxy groups -OCH3 is 2. The number of carbonyl (C=O) groups is 1. The molecular weight excluding hydrogens is 277 g/mol. The largest absolute Gasteiger partial charge is 0.375 e. The van der Waals surface area contributed by atoms with Crippen LogP contribution in [0.4, 0.5) is 0 Å². The number of hydrogen-bond donors (Lipinski definition) is 0. The maximum absolute atomic E-state index is 12.3. The first-order valence-corrected chi connectivity index (χ1v) is 6.10. The van der Waals surface area contributed by atoms with Crippen molar-refractivity contribution >= 4 is 29.0 Å². The van der Waals surface area contributed by atoms with Crippen LogP contribution in [0.15, 0.2) is 23.4 Å². The Kier molecular flexibility index (Phi) is 4.49. The minimum atomic E-state index is -1.44. The molecule has 4 nitrogen and oxygen atoms in total. The predicted molar refractivity (Wildman–Crippen MR) is 71.7 cm³/mol. The molecule has 1 aliphatic carbocycles. The van der Waals surface area contributed by atoms with Crippen molar-refractivity contribution < 1.29 is 14.3 Å². The van der Waals surface area contributed by atoms with Gasteiger partial charge in [0.2, 0.25) is 11.6 Å². The Morgan fingerprint density at radius 1 is 1.39 bits per heavy atom. The number of Topliss-reactive ketones (excluding diaryl/α,β-unsaturated/α-hetero) is 1. The van der Waals surface area contributed by atoms with Gasteiger partial charge in [-0.15, -0.1) is 18.2 Å². The Balaban J connectivity index is 3.52. The van der Waals surface area contributed by atoms with Gasteiger partial charge >= 0.3 is 0 Å². The summed E-state index contributed by atoms with van der Waals surface area (Å²) in [7, 11) is 6.34. The molecule has 1 aliphatic rings. The van der Waals surface area contributed by atoms with E-state index < -0.39 is 16.4 Å². The van der Waals surface area contributed by atoms with E-state index in [0.717, 1.165) is 0 Å². The highest BCUT2D eigenvalue weighted by Crippen LogP contribution is 2.51. The monoisotopic (exact) mass is 293 g/mol. The lowest BCUT2D eigenvalue weighted by atomic mass is 9.93. The molecule has 0 amide bonds. The first-order valence-electron chi connectivity index (χ1n) is 5.34. The van der Waals surface area contributed by atoms with Crippen molar-refractivity contribution in [2.45, 2.75) is 17.1 Å². The van der Waals surface area contributed by atoms with E-state index >= 15 is 0 Å². The van der Waals surface area contributed by atoms with Crippen molar-refractivity contribution in [3.8, 4) is 0 Å². The summed E-state index contributed by atoms with van der Waals surface area (Å²) in [5.74, 6) is -1.83. The summed E-state index contributed by atoms with van der Waals surface area (Å²) in [5.41, 5.74) is 0.413. The van der Waals surface area contributed by atoms with Crippen LogP contribution >= 0.6 is 23.2 Å². The van der Waals surface area contributed by atoms with Crippen molar-refractivity contribution in [2.75, 3.05) is 28.3 Å². The molecule has 0 spiro atoms. The van der Waals surface area contributed by atoms with Gasteiger partial charge in [-0.05, 0) is 6.42 Å². The van der Waals surface area contributed by atoms with E-state index in [1.165, 1.54) is 14.2 Å². The number of likely N-dealkylation sites (N-methyl/N-ethyl adjacent to an activating group) is 1. The standard InChI is InChI=1S/C12H17Cl2NO3/c1-6-7-11(14)10(16)8(13)9(15(2)3)12(11,17-4)18-5/h6H,1,7H2,2-5H3/t11-/m0/s1. The van der Waals surface area contributed by atoms with Gasteiger partial charge in [0.25, 0.3) is 0 Å². The zero-order valence-electron chi connectivity index (χ0n) is 10.9. The number of carbonyl (C=O) groups excluding carboxylic acids is 1. The van der Waals surface area contributed by atoms with Crippen molar-refractivity contribution in [1.82, 2.24) is 4.90 Å². The van der Waals surface area contributed by atoms with Crippen molar-refractivity contribution in [2.24, 2.45) is 0 Å². The van der Waals surface area contributed by atoms with Crippen LogP contribution in [-0.2, 0) is 14.3 Å². The minimum absolute atomic E-state index is 0.0283. The van der Waals surface area contributed by atoms with E-state index in [4.69, 9.17) is 32.7 Å². The Hall–Kier alpha value is -0.550. The lowest BCUT2D eigenvalue weighted by molar-refractivity contribution is -0.204. The third kappa shape index (κ3) is 1.79. The van der Waals surface area contributed by atoms with E-state index in [2.05, 4.69) is 6.58 Å². The number of rotatable bonds is 5. The molecule has 0 unspecified atom stereocenters. The molecule has 0 aromatic rings. The van der Waals surface area contributed by atoms with Crippen LogP contribution in [-0.4, -0.2) is 49.7 Å². The second kappa shape index (κ2) is 5.21. The normalized spacial score (nSPS) is 26.7. The summed E-state index contributed by atoms with van der Waals surface area (Å²) in [6, 6.07) is 0. The predicted octanol–water partition coefficient (Wildman–Crippen LogP) is 2.12. The average molecular weight is 294 g/mol. The van der Waals surface area contributed by atoms with Crippen LogP contribution in [0.5, 0.6) is 0 Å². The van der Waals surface area contributed by atoms with Crippen LogP contribution in [0.1, 0.15) is 6.42 Å². The summed E-state index contributed by atoms with van der Waals surface area (Å²) < 4.78 is 10.8. The van der Waals surface area contributed by atoms with Crippen molar-refractivity contribution in [1.29, 1.82) is 0 Å². The van der Waals surface area contributed by atoms with Crippen LogP contribution in [0.3, 0.4) is 0 Å². The van der Waals surface area contributed by atoms with Gasteiger partial charge in [-0.1, -0.05) is 17.7 Å². The summed E-state index contributed by atoms with van der Waals surface area (Å²) in [6.07, 6.45) is 1.73. The summed E-state index contributed by atoms with van der Waals surface area (Å²) in [4.78, 5) is 12.5. The van der Waals surface area contributed by atoms with Crippen LogP contribution < -0.4 is 0 Å². The zero-order valence-corrected chi connectivity index (χ0v) is 12.4. The Labute approximate surface area is 117 Å². The fourth-order valence-electron chi connectivity index (χ4n) is 2.28. The van der Waals surface area contributed by atoms with Gasteiger partial charge < -0.3 is 14.4 Å². The summed E-state index contributed by atoms with van der Waals surface area (Å²) >= 11 is 12.5. The SMILES string of the molecule is C=CC[C@]1(Cl)C(=O)C(Cl)=C(N(C)C)C1(OC)OC. The molecule has 0 aromatic carbocycles. The molecule has 6 heteroatoms. The minimum Gasteiger partial charge on any atom is -0.375 e. The number of alkyl halides is 1. The second-order valence-electron chi connectivity index (χ2n) is 4.20. The van der Waals surface area contributed by atoms with Gasteiger partial charge in [0.1, 0.15) is 5.03 Å². The maximum atomic E-state index is 12.3. The fourth-order valence-corrected chi connectivity index (χ4v) is 3.23. The first-order chi connectivity index (χ1) is 8.32. The number of allylic oxidation sites excluding steroid dienone is 2. The van der Waals surface area contributed by atoms with E-state index in [-0.39, 0.29) is 11.5 Å². The molecule has 0 N–H and O–H groups in total. The number of nitrogens with zero attached hydrogens (tertiary/aromatic N) is 1. The number of ketones is 1. The Morgan fingerprint density at radius 2 is 1.89 bits per heavy atom. The molecule has 102 valence electrons. The summed E-state index contributed by atoms with van der Waals surface area (Å²) in [6.45, 7) is 3.61. The molecule has 0 heterocycles. The van der Waals surface area contributed by atoms with Crippen LogP contribution in [0, 0.1) is 0 Å². The molecule has 18 heavy (non-hydrogen) atoms. The highest BCUT2D eigenvalue weighted by atomic mass is 35.5. The second-order valence-corrected chi connectivity index (χ2v) is 5.23. The van der Waals surface area contributed by atoms with Gasteiger partial charge in [-0.2, -0.15) is 0 Å². The molecule has 0 saturated carbocycles. The van der Waals surface area contributed by atoms with Crippen molar-refractivity contribution in [3.05, 3.63) is 23.4 Å². The van der Waals surface area contributed by atoms with Crippen LogP contribution in [0.2, 0.25) is 0 Å². The Bertz CT molecular complexity index is 402. The molecule has 0 bridgehead atoms. The van der Waals surface area contributed by atoms with Crippen LogP contribution in [0.25, 0.3) is 0 Å². The molecular formula is C12H17Cl2NO3. The van der Waals surface area contributed by atoms with Gasteiger partial charge in [-0.3, -0.25) is 4.79 Å². The van der Waals surface area contributed by atoms with E-state index in [1.807, 2.05) is 0 Å². The molecule has 1 atom stereocenters. The van der Waals surface area contributed by atoms with E-state index in [9.17, 15) is 4.79 Å². The Morgan fingerprint density at radius 3 is 2.22 bits per heavy atom.